The van der Waals surface area contributed by atoms with E-state index in [4.69, 9.17) is 9.47 Å². The summed E-state index contributed by atoms with van der Waals surface area (Å²) < 4.78 is 9.61. The second-order valence-corrected chi connectivity index (χ2v) is 4.00. The number of hydrogen-bond acceptors (Lipinski definition) is 5. The normalized spacial score (nSPS) is 9.70. The van der Waals surface area contributed by atoms with Crippen molar-refractivity contribution in [3.63, 3.8) is 0 Å². The molecule has 0 radical (unpaired) electrons. The molecule has 0 spiro atoms. The molecule has 20 heavy (non-hydrogen) atoms. The maximum absolute atomic E-state index is 11.9. The molecule has 1 amide bonds. The van der Waals surface area contributed by atoms with E-state index in [-0.39, 0.29) is 38.4 Å². The highest BCUT2D eigenvalue weighted by Gasteiger charge is 2.18. The molecule has 0 rings (SSSR count). The van der Waals surface area contributed by atoms with Gasteiger partial charge in [-0.25, -0.2) is 0 Å². The van der Waals surface area contributed by atoms with E-state index in [0.717, 1.165) is 0 Å². The molecule has 0 aromatic heterocycles. The highest BCUT2D eigenvalue weighted by Crippen LogP contribution is 2.02. The molecule has 114 valence electrons. The highest BCUT2D eigenvalue weighted by molar-refractivity contribution is 5.82. The van der Waals surface area contributed by atoms with Gasteiger partial charge < -0.3 is 14.4 Å². The van der Waals surface area contributed by atoms with Crippen molar-refractivity contribution in [1.82, 2.24) is 4.90 Å². The van der Waals surface area contributed by atoms with Crippen LogP contribution in [0, 0.1) is 0 Å². The van der Waals surface area contributed by atoms with Crippen LogP contribution in [0.3, 0.4) is 0 Å². The molecule has 0 atom stereocenters. The molecular weight excluding hydrogens is 262 g/mol. The van der Waals surface area contributed by atoms with E-state index in [1.54, 1.807) is 19.9 Å². The van der Waals surface area contributed by atoms with E-state index >= 15 is 0 Å². The number of amides is 1. The van der Waals surface area contributed by atoms with E-state index in [0.29, 0.717) is 13.0 Å². The van der Waals surface area contributed by atoms with Crippen molar-refractivity contribution in [2.24, 2.45) is 0 Å². The average Bonchev–Trinajstić information content (AvgIpc) is 2.41. The largest absolute Gasteiger partial charge is 0.466 e. The Hall–Kier alpha value is -1.85. The van der Waals surface area contributed by atoms with Crippen LogP contribution in [-0.4, -0.2) is 49.0 Å². The Kier molecular flexibility index (Phi) is 10.00. The van der Waals surface area contributed by atoms with Crippen molar-refractivity contribution in [1.29, 1.82) is 0 Å². The Morgan fingerprint density at radius 3 is 2.20 bits per heavy atom. The zero-order chi connectivity index (χ0) is 15.4. The van der Waals surface area contributed by atoms with Crippen LogP contribution in [0.1, 0.15) is 33.1 Å². The summed E-state index contributed by atoms with van der Waals surface area (Å²) in [5.41, 5.74) is 0. The van der Waals surface area contributed by atoms with Crippen molar-refractivity contribution < 1.29 is 23.9 Å². The van der Waals surface area contributed by atoms with Gasteiger partial charge in [-0.2, -0.15) is 0 Å². The number of rotatable bonds is 10. The van der Waals surface area contributed by atoms with Crippen LogP contribution in [0.15, 0.2) is 12.7 Å². The minimum Gasteiger partial charge on any atom is -0.466 e. The summed E-state index contributed by atoms with van der Waals surface area (Å²) in [6, 6.07) is 0. The average molecular weight is 285 g/mol. The van der Waals surface area contributed by atoms with Crippen molar-refractivity contribution >= 4 is 17.8 Å². The number of hydrogen-bond donors (Lipinski definition) is 0. The van der Waals surface area contributed by atoms with Gasteiger partial charge in [0.25, 0.3) is 0 Å². The lowest BCUT2D eigenvalue weighted by molar-refractivity contribution is -0.150. The van der Waals surface area contributed by atoms with Gasteiger partial charge in [0.2, 0.25) is 5.91 Å². The molecule has 0 fully saturated rings. The lowest BCUT2D eigenvalue weighted by Crippen LogP contribution is -2.38. The first-order valence-corrected chi connectivity index (χ1v) is 6.75. The smallest absolute Gasteiger partial charge is 0.325 e. The molecule has 0 aliphatic carbocycles. The zero-order valence-corrected chi connectivity index (χ0v) is 12.2. The molecule has 0 aliphatic rings. The highest BCUT2D eigenvalue weighted by atomic mass is 16.5. The molecule has 0 saturated carbocycles. The van der Waals surface area contributed by atoms with E-state index in [9.17, 15) is 14.4 Å². The molecule has 0 N–H and O–H groups in total. The summed E-state index contributed by atoms with van der Waals surface area (Å²) in [7, 11) is 0. The summed E-state index contributed by atoms with van der Waals surface area (Å²) in [5, 5.41) is 0. The Morgan fingerprint density at radius 1 is 1.05 bits per heavy atom. The van der Waals surface area contributed by atoms with Crippen molar-refractivity contribution in [2.45, 2.75) is 33.1 Å². The van der Waals surface area contributed by atoms with Crippen molar-refractivity contribution in [2.75, 3.05) is 26.3 Å². The van der Waals surface area contributed by atoms with Gasteiger partial charge in [-0.15, -0.1) is 6.58 Å². The lowest BCUT2D eigenvalue weighted by Gasteiger charge is -2.21. The summed E-state index contributed by atoms with van der Waals surface area (Å²) in [5.74, 6) is -1.08. The minimum atomic E-state index is -0.483. The van der Waals surface area contributed by atoms with E-state index < -0.39 is 11.9 Å². The molecule has 0 aromatic rings. The van der Waals surface area contributed by atoms with Gasteiger partial charge in [-0.05, 0) is 20.3 Å². The van der Waals surface area contributed by atoms with Gasteiger partial charge in [0.15, 0.2) is 0 Å². The number of esters is 2. The molecule has 0 aromatic carbocycles. The monoisotopic (exact) mass is 285 g/mol. The molecule has 0 aliphatic heterocycles. The standard InChI is InChI=1S/C14H23NO5/c1-4-7-8-12(16)15(11-14(18)20-6-3)10-9-13(17)19-5-2/h4H,1,5-11H2,2-3H3. The fraction of sp³-hybridized carbons (Fsp3) is 0.643. The molecule has 0 heterocycles. The van der Waals surface area contributed by atoms with Gasteiger partial charge >= 0.3 is 11.9 Å². The van der Waals surface area contributed by atoms with Gasteiger partial charge in [0.05, 0.1) is 19.6 Å². The van der Waals surface area contributed by atoms with Crippen molar-refractivity contribution in [3.05, 3.63) is 12.7 Å². The maximum Gasteiger partial charge on any atom is 0.325 e. The first-order valence-electron chi connectivity index (χ1n) is 6.75. The van der Waals surface area contributed by atoms with Crippen LogP contribution in [0.2, 0.25) is 0 Å². The third-order valence-electron chi connectivity index (χ3n) is 2.43. The Balaban J connectivity index is 4.44. The number of carbonyl (C=O) groups excluding carboxylic acids is 3. The van der Waals surface area contributed by atoms with Crippen LogP contribution in [0.5, 0.6) is 0 Å². The zero-order valence-electron chi connectivity index (χ0n) is 12.2. The molecular formula is C14H23NO5. The van der Waals surface area contributed by atoms with Gasteiger partial charge in [-0.3, -0.25) is 14.4 Å². The Bertz CT molecular complexity index is 340. The van der Waals surface area contributed by atoms with Gasteiger partial charge in [0.1, 0.15) is 6.54 Å². The van der Waals surface area contributed by atoms with Gasteiger partial charge in [-0.1, -0.05) is 6.08 Å². The third kappa shape index (κ3) is 8.29. The topological polar surface area (TPSA) is 72.9 Å². The number of nitrogens with zero attached hydrogens (tertiary/aromatic N) is 1. The predicted octanol–water partition coefficient (Wildman–Crippen LogP) is 1.30. The first kappa shape index (κ1) is 18.1. The third-order valence-corrected chi connectivity index (χ3v) is 2.43. The Morgan fingerprint density at radius 2 is 1.65 bits per heavy atom. The Labute approximate surface area is 119 Å². The van der Waals surface area contributed by atoms with E-state index in [1.165, 1.54) is 4.90 Å². The second-order valence-electron chi connectivity index (χ2n) is 4.00. The second kappa shape index (κ2) is 11.0. The quantitative estimate of drug-likeness (QED) is 0.447. The van der Waals surface area contributed by atoms with Crippen LogP contribution in [0.25, 0.3) is 0 Å². The number of carbonyl (C=O) groups is 3. The van der Waals surface area contributed by atoms with Gasteiger partial charge in [0, 0.05) is 13.0 Å². The first-order chi connectivity index (χ1) is 9.54. The summed E-state index contributed by atoms with van der Waals surface area (Å²) in [6.45, 7) is 7.50. The molecule has 0 unspecified atom stereocenters. The summed E-state index contributed by atoms with van der Waals surface area (Å²) in [6.07, 6.45) is 2.47. The van der Waals surface area contributed by atoms with E-state index in [1.807, 2.05) is 0 Å². The number of ether oxygens (including phenoxy) is 2. The fourth-order valence-corrected chi connectivity index (χ4v) is 1.50. The van der Waals surface area contributed by atoms with Crippen LogP contribution in [0.4, 0.5) is 0 Å². The minimum absolute atomic E-state index is 0.0626. The summed E-state index contributed by atoms with van der Waals surface area (Å²) >= 11 is 0. The lowest BCUT2D eigenvalue weighted by atomic mass is 10.2. The van der Waals surface area contributed by atoms with Crippen LogP contribution < -0.4 is 0 Å². The van der Waals surface area contributed by atoms with Crippen LogP contribution >= 0.6 is 0 Å². The van der Waals surface area contributed by atoms with E-state index in [2.05, 4.69) is 6.58 Å². The maximum atomic E-state index is 11.9. The predicted molar refractivity (Wildman–Crippen MR) is 73.9 cm³/mol. The SMILES string of the molecule is C=CCCC(=O)N(CCC(=O)OCC)CC(=O)OCC. The molecule has 6 nitrogen and oxygen atoms in total. The number of allylic oxidation sites excluding steroid dienone is 1. The summed E-state index contributed by atoms with van der Waals surface area (Å²) in [4.78, 5) is 36.0. The molecule has 0 bridgehead atoms. The molecule has 6 heteroatoms. The van der Waals surface area contributed by atoms with Crippen molar-refractivity contribution in [3.8, 4) is 0 Å². The molecule has 0 saturated heterocycles. The fourth-order valence-electron chi connectivity index (χ4n) is 1.50. The van der Waals surface area contributed by atoms with Crippen LogP contribution in [-0.2, 0) is 23.9 Å².